The van der Waals surface area contributed by atoms with Gasteiger partial charge in [0.25, 0.3) is 0 Å². The zero-order valence-electron chi connectivity index (χ0n) is 14.4. The lowest BCUT2D eigenvalue weighted by atomic mass is 10.2. The Balaban J connectivity index is 1.53. The standard InChI is InChI=1S/C17H15ClF3N7/c18-16-25-8-11(22)15(26-16)24-7-9-1-4-14(23-6-9)28-12(10-2-3-10)5-13(27-28)17(19,20)21/h1,4-6,8,10H,2-3,7,22H2,(H,24,25,26). The van der Waals surface area contributed by atoms with E-state index in [2.05, 4.69) is 25.4 Å². The second kappa shape index (κ2) is 6.93. The molecule has 0 aromatic carbocycles. The Labute approximate surface area is 162 Å². The van der Waals surface area contributed by atoms with Crippen molar-refractivity contribution in [3.8, 4) is 5.82 Å². The lowest BCUT2D eigenvalue weighted by molar-refractivity contribution is -0.141. The van der Waals surface area contributed by atoms with E-state index in [9.17, 15) is 13.2 Å². The molecule has 0 aliphatic heterocycles. The van der Waals surface area contributed by atoms with Crippen LogP contribution in [0.15, 0.2) is 30.6 Å². The molecular weight excluding hydrogens is 395 g/mol. The van der Waals surface area contributed by atoms with Crippen molar-refractivity contribution in [2.24, 2.45) is 0 Å². The topological polar surface area (TPSA) is 94.5 Å². The second-order valence-corrected chi connectivity index (χ2v) is 6.80. The van der Waals surface area contributed by atoms with Crippen LogP contribution in [0.1, 0.15) is 35.7 Å². The van der Waals surface area contributed by atoms with Crippen molar-refractivity contribution in [1.29, 1.82) is 0 Å². The van der Waals surface area contributed by atoms with E-state index in [0.29, 0.717) is 29.6 Å². The van der Waals surface area contributed by atoms with Crippen molar-refractivity contribution in [3.05, 3.63) is 52.8 Å². The summed E-state index contributed by atoms with van der Waals surface area (Å²) in [5, 5.41) is 6.81. The number of rotatable bonds is 5. The van der Waals surface area contributed by atoms with Crippen LogP contribution in [0.5, 0.6) is 0 Å². The van der Waals surface area contributed by atoms with Gasteiger partial charge in [0.05, 0.1) is 11.9 Å². The monoisotopic (exact) mass is 409 g/mol. The van der Waals surface area contributed by atoms with Gasteiger partial charge in [0.15, 0.2) is 17.3 Å². The first kappa shape index (κ1) is 18.5. The van der Waals surface area contributed by atoms with E-state index in [0.717, 1.165) is 24.5 Å². The molecule has 28 heavy (non-hydrogen) atoms. The summed E-state index contributed by atoms with van der Waals surface area (Å²) in [4.78, 5) is 12.0. The van der Waals surface area contributed by atoms with E-state index in [4.69, 9.17) is 17.3 Å². The summed E-state index contributed by atoms with van der Waals surface area (Å²) in [6, 6.07) is 4.49. The lowest BCUT2D eigenvalue weighted by Gasteiger charge is -2.09. The predicted octanol–water partition coefficient (Wildman–Crippen LogP) is 3.80. The smallest absolute Gasteiger partial charge is 0.394 e. The summed E-state index contributed by atoms with van der Waals surface area (Å²) in [6.45, 7) is 0.354. The zero-order valence-corrected chi connectivity index (χ0v) is 15.2. The number of hydrogen-bond acceptors (Lipinski definition) is 6. The Kier molecular flexibility index (Phi) is 4.58. The minimum absolute atomic E-state index is 0.0666. The molecule has 0 spiro atoms. The fourth-order valence-electron chi connectivity index (χ4n) is 2.73. The Morgan fingerprint density at radius 2 is 2.00 bits per heavy atom. The van der Waals surface area contributed by atoms with E-state index in [1.165, 1.54) is 10.9 Å². The van der Waals surface area contributed by atoms with Crippen LogP contribution < -0.4 is 11.1 Å². The molecular formula is C17H15ClF3N7. The SMILES string of the molecule is Nc1cnc(Cl)nc1NCc1ccc(-n2nc(C(F)(F)F)cc2C2CC2)nc1. The van der Waals surface area contributed by atoms with E-state index >= 15 is 0 Å². The number of pyridine rings is 1. The molecule has 3 heterocycles. The van der Waals surface area contributed by atoms with Crippen LogP contribution in [0.3, 0.4) is 0 Å². The maximum Gasteiger partial charge on any atom is 0.435 e. The summed E-state index contributed by atoms with van der Waals surface area (Å²) >= 11 is 5.75. The van der Waals surface area contributed by atoms with Gasteiger partial charge in [-0.15, -0.1) is 0 Å². The highest BCUT2D eigenvalue weighted by Gasteiger charge is 2.38. The van der Waals surface area contributed by atoms with Gasteiger partial charge in [0, 0.05) is 24.4 Å². The Morgan fingerprint density at radius 3 is 2.64 bits per heavy atom. The third-order valence-corrected chi connectivity index (χ3v) is 4.48. The highest BCUT2D eigenvalue weighted by molar-refractivity contribution is 6.28. The van der Waals surface area contributed by atoms with Crippen LogP contribution in [0, 0.1) is 0 Å². The molecule has 0 amide bonds. The number of alkyl halides is 3. The van der Waals surface area contributed by atoms with Gasteiger partial charge in [-0.05, 0) is 42.1 Å². The second-order valence-electron chi connectivity index (χ2n) is 6.46. The van der Waals surface area contributed by atoms with Gasteiger partial charge in [-0.25, -0.2) is 14.6 Å². The van der Waals surface area contributed by atoms with Crippen molar-refractivity contribution in [1.82, 2.24) is 24.7 Å². The van der Waals surface area contributed by atoms with Crippen molar-refractivity contribution in [2.75, 3.05) is 11.1 Å². The normalized spacial score (nSPS) is 14.3. The van der Waals surface area contributed by atoms with Crippen molar-refractivity contribution < 1.29 is 13.2 Å². The summed E-state index contributed by atoms with van der Waals surface area (Å²) in [7, 11) is 0. The third-order valence-electron chi connectivity index (χ3n) is 4.30. The fraction of sp³-hybridized carbons (Fsp3) is 0.294. The van der Waals surface area contributed by atoms with Crippen LogP contribution in [0.25, 0.3) is 5.82 Å². The number of nitrogens with zero attached hydrogens (tertiary/aromatic N) is 5. The first-order valence-electron chi connectivity index (χ1n) is 8.45. The average Bonchev–Trinajstić information content (AvgIpc) is 3.40. The average molecular weight is 410 g/mol. The van der Waals surface area contributed by atoms with Gasteiger partial charge >= 0.3 is 6.18 Å². The van der Waals surface area contributed by atoms with Crippen LogP contribution in [0.4, 0.5) is 24.7 Å². The van der Waals surface area contributed by atoms with Gasteiger partial charge < -0.3 is 11.1 Å². The molecule has 0 saturated heterocycles. The molecule has 11 heteroatoms. The fourth-order valence-corrected chi connectivity index (χ4v) is 2.86. The quantitative estimate of drug-likeness (QED) is 0.622. The maximum absolute atomic E-state index is 13.0. The van der Waals surface area contributed by atoms with E-state index < -0.39 is 11.9 Å². The van der Waals surface area contributed by atoms with E-state index in [1.807, 2.05) is 0 Å². The first-order chi connectivity index (χ1) is 13.3. The van der Waals surface area contributed by atoms with E-state index in [-0.39, 0.29) is 11.2 Å². The lowest BCUT2D eigenvalue weighted by Crippen LogP contribution is -2.09. The molecule has 1 aliphatic carbocycles. The molecule has 7 nitrogen and oxygen atoms in total. The number of nitrogens with two attached hydrogens (primary N) is 1. The van der Waals surface area contributed by atoms with Crippen LogP contribution in [-0.2, 0) is 12.7 Å². The summed E-state index contributed by atoms with van der Waals surface area (Å²) in [6.07, 6.45) is 0.181. The molecule has 0 unspecified atom stereocenters. The number of anilines is 2. The Hall–Kier alpha value is -2.88. The Morgan fingerprint density at radius 1 is 1.21 bits per heavy atom. The molecule has 0 bridgehead atoms. The van der Waals surface area contributed by atoms with Crippen LogP contribution >= 0.6 is 11.6 Å². The summed E-state index contributed by atoms with van der Waals surface area (Å²) in [5.41, 5.74) is 6.54. The van der Waals surface area contributed by atoms with Crippen molar-refractivity contribution in [2.45, 2.75) is 31.5 Å². The molecule has 1 saturated carbocycles. The van der Waals surface area contributed by atoms with Gasteiger partial charge in [-0.2, -0.15) is 23.3 Å². The molecule has 1 fully saturated rings. The molecule has 0 radical (unpaired) electrons. The molecule has 1 aliphatic rings. The van der Waals surface area contributed by atoms with Crippen LogP contribution in [0.2, 0.25) is 5.28 Å². The molecule has 3 aromatic heterocycles. The molecule has 3 N–H and O–H groups in total. The minimum atomic E-state index is -4.49. The highest BCUT2D eigenvalue weighted by atomic mass is 35.5. The zero-order chi connectivity index (χ0) is 19.9. The number of halogens is 4. The molecule has 3 aromatic rings. The maximum atomic E-state index is 13.0. The highest BCUT2D eigenvalue weighted by Crippen LogP contribution is 2.42. The first-order valence-corrected chi connectivity index (χ1v) is 8.83. The van der Waals surface area contributed by atoms with Gasteiger partial charge in [0.2, 0.25) is 5.28 Å². The number of hydrogen-bond donors (Lipinski definition) is 2. The molecule has 146 valence electrons. The van der Waals surface area contributed by atoms with Crippen LogP contribution in [-0.4, -0.2) is 24.7 Å². The third kappa shape index (κ3) is 3.86. The number of nitrogen functional groups attached to an aromatic ring is 1. The minimum Gasteiger partial charge on any atom is -0.394 e. The van der Waals surface area contributed by atoms with Crippen molar-refractivity contribution >= 4 is 23.1 Å². The predicted molar refractivity (Wildman–Crippen MR) is 97.1 cm³/mol. The Bertz CT molecular complexity index is 997. The number of aromatic nitrogens is 5. The summed E-state index contributed by atoms with van der Waals surface area (Å²) in [5.74, 6) is 0.824. The molecule has 4 rings (SSSR count). The largest absolute Gasteiger partial charge is 0.435 e. The van der Waals surface area contributed by atoms with Gasteiger partial charge in [-0.3, -0.25) is 0 Å². The van der Waals surface area contributed by atoms with E-state index in [1.54, 1.807) is 18.3 Å². The van der Waals surface area contributed by atoms with Crippen molar-refractivity contribution in [3.63, 3.8) is 0 Å². The summed E-state index contributed by atoms with van der Waals surface area (Å²) < 4.78 is 40.4. The van der Waals surface area contributed by atoms with Gasteiger partial charge in [-0.1, -0.05) is 6.07 Å². The molecule has 0 atom stereocenters. The van der Waals surface area contributed by atoms with Gasteiger partial charge in [0.1, 0.15) is 0 Å². The number of nitrogens with one attached hydrogen (secondary N) is 1.